The van der Waals surface area contributed by atoms with Gasteiger partial charge in [0.1, 0.15) is 0 Å². The Labute approximate surface area is 147 Å². The van der Waals surface area contributed by atoms with Gasteiger partial charge in [0.25, 0.3) is 5.91 Å². The van der Waals surface area contributed by atoms with Crippen molar-refractivity contribution in [2.24, 2.45) is 0 Å². The molecule has 0 radical (unpaired) electrons. The lowest BCUT2D eigenvalue weighted by Crippen LogP contribution is -2.54. The van der Waals surface area contributed by atoms with Gasteiger partial charge in [0.05, 0.1) is 6.26 Å². The monoisotopic (exact) mass is 350 g/mol. The zero-order valence-electron chi connectivity index (χ0n) is 14.9. The SMILES string of the molecule is CCN(CC)CCNC(=O)C(=O)N1CCN(C(=O)c2ccco2)CC1. The fraction of sp³-hybridized carbons (Fsp3) is 0.588. The van der Waals surface area contributed by atoms with Crippen molar-refractivity contribution >= 4 is 17.7 Å². The van der Waals surface area contributed by atoms with Gasteiger partial charge in [-0.15, -0.1) is 0 Å². The summed E-state index contributed by atoms with van der Waals surface area (Å²) in [6.45, 7) is 8.55. The van der Waals surface area contributed by atoms with Crippen molar-refractivity contribution < 1.29 is 18.8 Å². The van der Waals surface area contributed by atoms with Gasteiger partial charge in [-0.1, -0.05) is 13.8 Å². The average molecular weight is 350 g/mol. The quantitative estimate of drug-likeness (QED) is 0.731. The molecule has 1 aromatic heterocycles. The first-order valence-electron chi connectivity index (χ1n) is 8.69. The highest BCUT2D eigenvalue weighted by Gasteiger charge is 2.28. The minimum Gasteiger partial charge on any atom is -0.459 e. The molecule has 1 saturated heterocycles. The molecule has 0 unspecified atom stereocenters. The normalized spacial score (nSPS) is 14.7. The number of nitrogens with one attached hydrogen (secondary N) is 1. The second-order valence-corrected chi connectivity index (χ2v) is 5.84. The van der Waals surface area contributed by atoms with E-state index in [-0.39, 0.29) is 11.7 Å². The van der Waals surface area contributed by atoms with Crippen LogP contribution in [0.25, 0.3) is 0 Å². The maximum atomic E-state index is 12.2. The summed E-state index contributed by atoms with van der Waals surface area (Å²) in [5, 5.41) is 2.67. The number of likely N-dealkylation sites (N-methyl/N-ethyl adjacent to an activating group) is 1. The number of hydrogen-bond donors (Lipinski definition) is 1. The van der Waals surface area contributed by atoms with Gasteiger partial charge in [0.2, 0.25) is 0 Å². The summed E-state index contributed by atoms with van der Waals surface area (Å²) in [7, 11) is 0. The van der Waals surface area contributed by atoms with E-state index in [1.807, 2.05) is 0 Å². The zero-order valence-corrected chi connectivity index (χ0v) is 14.9. The van der Waals surface area contributed by atoms with Gasteiger partial charge >= 0.3 is 11.8 Å². The van der Waals surface area contributed by atoms with Crippen LogP contribution in [0.2, 0.25) is 0 Å². The molecule has 0 aliphatic carbocycles. The molecule has 1 N–H and O–H groups in total. The predicted octanol–water partition coefficient (Wildman–Crippen LogP) is 0.0220. The number of nitrogens with zero attached hydrogens (tertiary/aromatic N) is 3. The molecular formula is C17H26N4O4. The number of amides is 3. The first kappa shape index (κ1) is 19.0. The molecule has 0 aromatic carbocycles. The Bertz CT molecular complexity index is 575. The van der Waals surface area contributed by atoms with Crippen LogP contribution >= 0.6 is 0 Å². The predicted molar refractivity (Wildman–Crippen MR) is 92.0 cm³/mol. The van der Waals surface area contributed by atoms with E-state index in [9.17, 15) is 14.4 Å². The number of carbonyl (C=O) groups excluding carboxylic acids is 3. The van der Waals surface area contributed by atoms with Crippen LogP contribution in [0.5, 0.6) is 0 Å². The van der Waals surface area contributed by atoms with Crippen molar-refractivity contribution in [3.05, 3.63) is 24.2 Å². The van der Waals surface area contributed by atoms with Crippen molar-refractivity contribution in [2.75, 3.05) is 52.4 Å². The molecule has 1 aromatic rings. The molecule has 1 aliphatic rings. The number of carbonyl (C=O) groups is 3. The minimum atomic E-state index is -0.585. The van der Waals surface area contributed by atoms with E-state index >= 15 is 0 Å². The Morgan fingerprint density at radius 2 is 1.76 bits per heavy atom. The second kappa shape index (κ2) is 9.22. The summed E-state index contributed by atoms with van der Waals surface area (Å²) in [4.78, 5) is 41.6. The third-order valence-electron chi connectivity index (χ3n) is 4.39. The maximum absolute atomic E-state index is 12.2. The van der Waals surface area contributed by atoms with E-state index in [1.165, 1.54) is 11.2 Å². The van der Waals surface area contributed by atoms with Crippen LogP contribution in [0, 0.1) is 0 Å². The molecule has 8 nitrogen and oxygen atoms in total. The van der Waals surface area contributed by atoms with Gasteiger partial charge in [-0.05, 0) is 25.2 Å². The first-order valence-corrected chi connectivity index (χ1v) is 8.69. The van der Waals surface area contributed by atoms with Crippen LogP contribution in [0.3, 0.4) is 0 Å². The molecule has 3 amide bonds. The third-order valence-corrected chi connectivity index (χ3v) is 4.39. The summed E-state index contributed by atoms with van der Waals surface area (Å²) in [6, 6.07) is 3.28. The highest BCUT2D eigenvalue weighted by atomic mass is 16.3. The summed E-state index contributed by atoms with van der Waals surface area (Å²) >= 11 is 0. The lowest BCUT2D eigenvalue weighted by atomic mass is 10.2. The van der Waals surface area contributed by atoms with Crippen LogP contribution in [0.4, 0.5) is 0 Å². The van der Waals surface area contributed by atoms with Crippen molar-refractivity contribution in [1.82, 2.24) is 20.0 Å². The highest BCUT2D eigenvalue weighted by Crippen LogP contribution is 2.09. The lowest BCUT2D eigenvalue weighted by Gasteiger charge is -2.33. The minimum absolute atomic E-state index is 0.194. The fourth-order valence-corrected chi connectivity index (χ4v) is 2.76. The molecule has 0 spiro atoms. The van der Waals surface area contributed by atoms with Crippen LogP contribution < -0.4 is 5.32 Å². The van der Waals surface area contributed by atoms with Crippen molar-refractivity contribution in [3.8, 4) is 0 Å². The molecular weight excluding hydrogens is 324 g/mol. The summed E-state index contributed by atoms with van der Waals surface area (Å²) in [5.74, 6) is -1.03. The van der Waals surface area contributed by atoms with Crippen LogP contribution in [-0.4, -0.2) is 84.8 Å². The van der Waals surface area contributed by atoms with E-state index in [2.05, 4.69) is 24.1 Å². The molecule has 1 fully saturated rings. The first-order chi connectivity index (χ1) is 12.1. The van der Waals surface area contributed by atoms with E-state index in [0.717, 1.165) is 19.6 Å². The average Bonchev–Trinajstić information content (AvgIpc) is 3.18. The largest absolute Gasteiger partial charge is 0.459 e. The Hall–Kier alpha value is -2.35. The fourth-order valence-electron chi connectivity index (χ4n) is 2.76. The van der Waals surface area contributed by atoms with Crippen molar-refractivity contribution in [3.63, 3.8) is 0 Å². The molecule has 0 saturated carbocycles. The summed E-state index contributed by atoms with van der Waals surface area (Å²) in [5.41, 5.74) is 0. The van der Waals surface area contributed by atoms with Gasteiger partial charge in [0.15, 0.2) is 5.76 Å². The standard InChI is InChI=1S/C17H26N4O4/c1-3-19(4-2)8-7-18-15(22)17(24)21-11-9-20(10-12-21)16(23)14-6-5-13-25-14/h5-6,13H,3-4,7-12H2,1-2H3,(H,18,22). The third kappa shape index (κ3) is 5.06. The summed E-state index contributed by atoms with van der Waals surface area (Å²) < 4.78 is 5.10. The molecule has 8 heteroatoms. The molecule has 2 rings (SSSR count). The van der Waals surface area contributed by atoms with Gasteiger partial charge in [-0.25, -0.2) is 0 Å². The van der Waals surface area contributed by atoms with Crippen LogP contribution in [0.15, 0.2) is 22.8 Å². The molecule has 138 valence electrons. The van der Waals surface area contributed by atoms with E-state index in [0.29, 0.717) is 32.7 Å². The van der Waals surface area contributed by atoms with Crippen LogP contribution in [-0.2, 0) is 9.59 Å². The maximum Gasteiger partial charge on any atom is 0.312 e. The topological polar surface area (TPSA) is 86.1 Å². The Kier molecular flexibility index (Phi) is 7.00. The molecule has 2 heterocycles. The van der Waals surface area contributed by atoms with Gasteiger partial charge in [0, 0.05) is 39.3 Å². The van der Waals surface area contributed by atoms with Crippen LogP contribution in [0.1, 0.15) is 24.4 Å². The Morgan fingerprint density at radius 1 is 1.12 bits per heavy atom. The smallest absolute Gasteiger partial charge is 0.312 e. The van der Waals surface area contributed by atoms with E-state index in [4.69, 9.17) is 4.42 Å². The number of piperazine rings is 1. The highest BCUT2D eigenvalue weighted by molar-refractivity contribution is 6.35. The molecule has 25 heavy (non-hydrogen) atoms. The summed E-state index contributed by atoms with van der Waals surface area (Å²) in [6.07, 6.45) is 1.45. The van der Waals surface area contributed by atoms with E-state index in [1.54, 1.807) is 17.0 Å². The Balaban J connectivity index is 1.75. The van der Waals surface area contributed by atoms with Gasteiger partial charge in [-0.2, -0.15) is 0 Å². The number of furan rings is 1. The van der Waals surface area contributed by atoms with E-state index < -0.39 is 11.8 Å². The zero-order chi connectivity index (χ0) is 18.2. The number of hydrogen-bond acceptors (Lipinski definition) is 5. The molecule has 1 aliphatic heterocycles. The molecule has 0 atom stereocenters. The molecule has 0 bridgehead atoms. The second-order valence-electron chi connectivity index (χ2n) is 5.84. The van der Waals surface area contributed by atoms with Crippen molar-refractivity contribution in [1.29, 1.82) is 0 Å². The lowest BCUT2D eigenvalue weighted by molar-refractivity contribution is -0.146. The van der Waals surface area contributed by atoms with Gasteiger partial charge < -0.3 is 24.4 Å². The van der Waals surface area contributed by atoms with Gasteiger partial charge in [-0.3, -0.25) is 14.4 Å². The van der Waals surface area contributed by atoms with Crippen molar-refractivity contribution in [2.45, 2.75) is 13.8 Å². The Morgan fingerprint density at radius 3 is 2.32 bits per heavy atom. The number of rotatable bonds is 6.